The number of tetrazole rings is 1. The van der Waals surface area contributed by atoms with Gasteiger partial charge in [0.2, 0.25) is 0 Å². The van der Waals surface area contributed by atoms with Crippen LogP contribution in [0.25, 0.3) is 10.9 Å². The van der Waals surface area contributed by atoms with Crippen molar-refractivity contribution < 1.29 is 0 Å². The van der Waals surface area contributed by atoms with Crippen molar-refractivity contribution in [1.82, 2.24) is 30.6 Å². The van der Waals surface area contributed by atoms with Crippen molar-refractivity contribution in [3.63, 3.8) is 0 Å². The van der Waals surface area contributed by atoms with Crippen LogP contribution in [0.3, 0.4) is 0 Å². The largest absolute Gasteiger partial charge is 0.271 e. The summed E-state index contributed by atoms with van der Waals surface area (Å²) in [7, 11) is 1.74. The SMILES string of the molecule is Cc1cc(C(Cc2nnn(C)n2)NN)nc2ccccc12. The first-order valence-corrected chi connectivity index (χ1v) is 6.72. The summed E-state index contributed by atoms with van der Waals surface area (Å²) in [6.07, 6.45) is 0.537. The van der Waals surface area contributed by atoms with E-state index in [2.05, 4.69) is 38.8 Å². The summed E-state index contributed by atoms with van der Waals surface area (Å²) in [5.74, 6) is 6.31. The number of nitrogens with two attached hydrogens (primary N) is 1. The van der Waals surface area contributed by atoms with E-state index in [0.717, 1.165) is 16.6 Å². The molecule has 0 spiro atoms. The van der Waals surface area contributed by atoms with E-state index in [4.69, 9.17) is 5.84 Å². The number of rotatable bonds is 4. The number of para-hydroxylation sites is 1. The average molecular weight is 283 g/mol. The van der Waals surface area contributed by atoms with Gasteiger partial charge in [-0.25, -0.2) is 0 Å². The lowest BCUT2D eigenvalue weighted by atomic mass is 10.0. The lowest BCUT2D eigenvalue weighted by Gasteiger charge is -2.15. The zero-order valence-electron chi connectivity index (χ0n) is 12.0. The molecule has 3 N–H and O–H groups in total. The summed E-state index contributed by atoms with van der Waals surface area (Å²) in [6, 6.07) is 9.95. The first-order valence-electron chi connectivity index (χ1n) is 6.72. The molecule has 0 saturated carbocycles. The molecule has 7 heteroatoms. The van der Waals surface area contributed by atoms with Gasteiger partial charge in [0.1, 0.15) is 0 Å². The van der Waals surface area contributed by atoms with Crippen molar-refractivity contribution in [1.29, 1.82) is 0 Å². The van der Waals surface area contributed by atoms with E-state index in [1.807, 2.05) is 24.3 Å². The van der Waals surface area contributed by atoms with Gasteiger partial charge in [-0.1, -0.05) is 18.2 Å². The summed E-state index contributed by atoms with van der Waals surface area (Å²) in [4.78, 5) is 6.12. The van der Waals surface area contributed by atoms with Gasteiger partial charge in [0.05, 0.1) is 24.3 Å². The van der Waals surface area contributed by atoms with Gasteiger partial charge >= 0.3 is 0 Å². The van der Waals surface area contributed by atoms with Crippen LogP contribution in [0.2, 0.25) is 0 Å². The molecule has 0 amide bonds. The number of fused-ring (bicyclic) bond motifs is 1. The lowest BCUT2D eigenvalue weighted by Crippen LogP contribution is -2.30. The van der Waals surface area contributed by atoms with Gasteiger partial charge in [-0.2, -0.15) is 4.80 Å². The Labute approximate surface area is 122 Å². The molecule has 0 radical (unpaired) electrons. The van der Waals surface area contributed by atoms with E-state index in [-0.39, 0.29) is 6.04 Å². The summed E-state index contributed by atoms with van der Waals surface area (Å²) in [5.41, 5.74) is 5.79. The number of aromatic nitrogens is 5. The predicted molar refractivity (Wildman–Crippen MR) is 79.0 cm³/mol. The number of nitrogens with zero attached hydrogens (tertiary/aromatic N) is 5. The number of benzene rings is 1. The Morgan fingerprint density at radius 3 is 2.86 bits per heavy atom. The molecule has 1 unspecified atom stereocenters. The van der Waals surface area contributed by atoms with Gasteiger partial charge in [-0.3, -0.25) is 16.3 Å². The standard InChI is InChI=1S/C14H17N7/c1-9-7-12(16-11-6-4-3-5-10(9)11)13(17-15)8-14-18-20-21(2)19-14/h3-7,13,17H,8,15H2,1-2H3. The number of hydrogen-bond donors (Lipinski definition) is 2. The molecule has 3 aromatic rings. The Kier molecular flexibility index (Phi) is 3.59. The molecular weight excluding hydrogens is 266 g/mol. The highest BCUT2D eigenvalue weighted by atomic mass is 15.6. The summed E-state index contributed by atoms with van der Waals surface area (Å²) in [6.45, 7) is 2.07. The normalized spacial score (nSPS) is 12.7. The number of aryl methyl sites for hydroxylation is 2. The molecule has 0 aliphatic rings. The van der Waals surface area contributed by atoms with Gasteiger partial charge < -0.3 is 0 Å². The van der Waals surface area contributed by atoms with Crippen LogP contribution in [0.4, 0.5) is 0 Å². The minimum absolute atomic E-state index is 0.155. The molecule has 0 aliphatic heterocycles. The van der Waals surface area contributed by atoms with Gasteiger partial charge in [0.25, 0.3) is 0 Å². The molecule has 1 atom stereocenters. The van der Waals surface area contributed by atoms with Crippen LogP contribution in [0, 0.1) is 6.92 Å². The zero-order chi connectivity index (χ0) is 14.8. The second-order valence-corrected chi connectivity index (χ2v) is 5.00. The molecule has 0 fully saturated rings. The Bertz CT molecular complexity index is 765. The van der Waals surface area contributed by atoms with Gasteiger partial charge in [0, 0.05) is 11.8 Å². The van der Waals surface area contributed by atoms with E-state index in [1.54, 1.807) is 7.05 Å². The van der Waals surface area contributed by atoms with Crippen molar-refractivity contribution in [2.45, 2.75) is 19.4 Å². The number of nitrogens with one attached hydrogen (secondary N) is 1. The van der Waals surface area contributed by atoms with Crippen molar-refractivity contribution in [3.8, 4) is 0 Å². The topological polar surface area (TPSA) is 94.5 Å². The van der Waals surface area contributed by atoms with Crippen molar-refractivity contribution >= 4 is 10.9 Å². The molecule has 0 bridgehead atoms. The minimum atomic E-state index is -0.155. The number of hydrogen-bond acceptors (Lipinski definition) is 6. The van der Waals surface area contributed by atoms with Crippen molar-refractivity contribution in [2.75, 3.05) is 0 Å². The third-order valence-electron chi connectivity index (χ3n) is 3.44. The Morgan fingerprint density at radius 1 is 1.33 bits per heavy atom. The number of pyridine rings is 1. The smallest absolute Gasteiger partial charge is 0.176 e. The highest BCUT2D eigenvalue weighted by Crippen LogP contribution is 2.22. The molecule has 2 heterocycles. The van der Waals surface area contributed by atoms with Crippen molar-refractivity contribution in [2.24, 2.45) is 12.9 Å². The van der Waals surface area contributed by atoms with Crippen LogP contribution in [0.1, 0.15) is 23.1 Å². The lowest BCUT2D eigenvalue weighted by molar-refractivity contribution is 0.525. The molecule has 7 nitrogen and oxygen atoms in total. The first-order chi connectivity index (χ1) is 10.2. The second-order valence-electron chi connectivity index (χ2n) is 5.00. The van der Waals surface area contributed by atoms with Crippen LogP contribution in [0.15, 0.2) is 30.3 Å². The van der Waals surface area contributed by atoms with E-state index < -0.39 is 0 Å². The maximum atomic E-state index is 5.68. The van der Waals surface area contributed by atoms with E-state index in [1.165, 1.54) is 10.4 Å². The molecule has 3 rings (SSSR count). The quantitative estimate of drug-likeness (QED) is 0.543. The molecular formula is C14H17N7. The van der Waals surface area contributed by atoms with Crippen LogP contribution in [0.5, 0.6) is 0 Å². The van der Waals surface area contributed by atoms with Gasteiger partial charge in [0.15, 0.2) is 5.82 Å². The minimum Gasteiger partial charge on any atom is -0.271 e. The third kappa shape index (κ3) is 2.74. The molecule has 0 aliphatic carbocycles. The molecule has 21 heavy (non-hydrogen) atoms. The fourth-order valence-corrected chi connectivity index (χ4v) is 2.39. The van der Waals surface area contributed by atoms with E-state index in [0.29, 0.717) is 12.2 Å². The molecule has 1 aromatic carbocycles. The number of hydrazine groups is 1. The summed E-state index contributed by atoms with van der Waals surface area (Å²) >= 11 is 0. The fourth-order valence-electron chi connectivity index (χ4n) is 2.39. The van der Waals surface area contributed by atoms with Crippen LogP contribution in [-0.2, 0) is 13.5 Å². The highest BCUT2D eigenvalue weighted by Gasteiger charge is 2.16. The predicted octanol–water partition coefficient (Wildman–Crippen LogP) is 0.814. The highest BCUT2D eigenvalue weighted by molar-refractivity contribution is 5.82. The maximum absolute atomic E-state index is 5.68. The maximum Gasteiger partial charge on any atom is 0.176 e. The molecule has 2 aromatic heterocycles. The Hall–Kier alpha value is -2.38. The van der Waals surface area contributed by atoms with Gasteiger partial charge in [-0.15, -0.1) is 10.2 Å². The zero-order valence-corrected chi connectivity index (χ0v) is 12.0. The molecule has 108 valence electrons. The monoisotopic (exact) mass is 283 g/mol. The van der Waals surface area contributed by atoms with E-state index in [9.17, 15) is 0 Å². The van der Waals surface area contributed by atoms with Gasteiger partial charge in [-0.05, 0) is 29.8 Å². The summed E-state index contributed by atoms with van der Waals surface area (Å²) in [5, 5.41) is 13.2. The van der Waals surface area contributed by atoms with Crippen molar-refractivity contribution in [3.05, 3.63) is 47.4 Å². The Morgan fingerprint density at radius 2 is 2.14 bits per heavy atom. The first kappa shape index (κ1) is 13.6. The average Bonchev–Trinajstić information content (AvgIpc) is 2.90. The van der Waals surface area contributed by atoms with Crippen LogP contribution >= 0.6 is 0 Å². The molecule has 0 saturated heterocycles. The second kappa shape index (κ2) is 5.55. The Balaban J connectivity index is 1.96. The fraction of sp³-hybridized carbons (Fsp3) is 0.286. The van der Waals surface area contributed by atoms with E-state index >= 15 is 0 Å². The third-order valence-corrected chi connectivity index (χ3v) is 3.44. The summed E-state index contributed by atoms with van der Waals surface area (Å²) < 4.78 is 0. The van der Waals surface area contributed by atoms with Crippen LogP contribution < -0.4 is 11.3 Å². The van der Waals surface area contributed by atoms with Crippen LogP contribution in [-0.4, -0.2) is 25.2 Å².